The van der Waals surface area contributed by atoms with E-state index in [1.54, 1.807) is 13.3 Å². The van der Waals surface area contributed by atoms with Gasteiger partial charge in [0, 0.05) is 26.7 Å². The van der Waals surface area contributed by atoms with Crippen LogP contribution in [0.2, 0.25) is 0 Å². The maximum absolute atomic E-state index is 12.6. The molecule has 5 nitrogen and oxygen atoms in total. The number of benzene rings is 2. The average Bonchev–Trinajstić information content (AvgIpc) is 3.00. The highest BCUT2D eigenvalue weighted by molar-refractivity contribution is 5.76. The monoisotopic (exact) mass is 405 g/mol. The van der Waals surface area contributed by atoms with E-state index in [9.17, 15) is 13.2 Å². The van der Waals surface area contributed by atoms with Gasteiger partial charge in [0.1, 0.15) is 5.75 Å². The van der Waals surface area contributed by atoms with Crippen LogP contribution in [0.4, 0.5) is 13.2 Å². The van der Waals surface area contributed by atoms with E-state index in [1.165, 1.54) is 12.1 Å². The van der Waals surface area contributed by atoms with Gasteiger partial charge in [0.25, 0.3) is 0 Å². The van der Waals surface area contributed by atoms with E-state index >= 15 is 0 Å². The van der Waals surface area contributed by atoms with Crippen LogP contribution in [0.1, 0.15) is 22.8 Å². The molecule has 1 aliphatic rings. The zero-order chi connectivity index (χ0) is 20.6. The molecule has 1 atom stereocenters. The molecule has 2 aromatic carbocycles. The van der Waals surface area contributed by atoms with Crippen LogP contribution in [0.15, 0.2) is 42.7 Å². The number of rotatable bonds is 4. The third-order valence-electron chi connectivity index (χ3n) is 5.02. The predicted molar refractivity (Wildman–Crippen MR) is 103 cm³/mol. The molecule has 1 aliphatic heterocycles. The minimum absolute atomic E-state index is 0.0984. The molecule has 1 aromatic heterocycles. The molecule has 154 valence electrons. The van der Waals surface area contributed by atoms with E-state index in [4.69, 9.17) is 4.74 Å². The topological polar surface area (TPSA) is 39.5 Å². The number of morpholine rings is 1. The minimum atomic E-state index is -4.69. The van der Waals surface area contributed by atoms with Gasteiger partial charge >= 0.3 is 6.36 Å². The number of ether oxygens (including phenoxy) is 2. The van der Waals surface area contributed by atoms with E-state index in [2.05, 4.69) is 20.7 Å². The number of aryl methyl sites for hydroxylation is 2. The summed E-state index contributed by atoms with van der Waals surface area (Å²) in [6.45, 7) is 4.23. The Morgan fingerprint density at radius 3 is 2.83 bits per heavy atom. The number of hydrogen-bond donors (Lipinski definition) is 0. The van der Waals surface area contributed by atoms with Gasteiger partial charge in [-0.3, -0.25) is 4.90 Å². The van der Waals surface area contributed by atoms with Gasteiger partial charge in [-0.25, -0.2) is 4.98 Å². The van der Waals surface area contributed by atoms with Gasteiger partial charge in [0.15, 0.2) is 0 Å². The second-order valence-corrected chi connectivity index (χ2v) is 7.40. The fourth-order valence-corrected chi connectivity index (χ4v) is 3.76. The molecule has 2 heterocycles. The van der Waals surface area contributed by atoms with Crippen LogP contribution in [-0.2, 0) is 18.3 Å². The molecule has 0 saturated carbocycles. The number of imidazole rings is 1. The summed E-state index contributed by atoms with van der Waals surface area (Å²) in [4.78, 5) is 6.53. The van der Waals surface area contributed by atoms with Crippen molar-refractivity contribution in [3.8, 4) is 5.75 Å². The number of nitrogens with zero attached hydrogens (tertiary/aromatic N) is 3. The Hall–Kier alpha value is -2.58. The first-order valence-corrected chi connectivity index (χ1v) is 9.38. The summed E-state index contributed by atoms with van der Waals surface area (Å²) in [5, 5.41) is 0. The van der Waals surface area contributed by atoms with Gasteiger partial charge in [0.2, 0.25) is 0 Å². The standard InChI is InChI=1S/C21H22F3N3O2/c1-14-7-15(9-17(8-14)29-21(22,23)24)11-27-5-6-28-20(12-27)16-3-4-18-19(10-16)26(2)13-25-18/h3-4,7-10,13,20H,5-6,11-12H2,1-2H3. The quantitative estimate of drug-likeness (QED) is 0.647. The second-order valence-electron chi connectivity index (χ2n) is 7.40. The minimum Gasteiger partial charge on any atom is -0.406 e. The molecule has 1 saturated heterocycles. The van der Waals surface area contributed by atoms with Crippen LogP contribution in [0.3, 0.4) is 0 Å². The lowest BCUT2D eigenvalue weighted by Crippen LogP contribution is -2.37. The highest BCUT2D eigenvalue weighted by Gasteiger charge is 2.31. The Kier molecular flexibility index (Phi) is 5.23. The third kappa shape index (κ3) is 4.71. The summed E-state index contributed by atoms with van der Waals surface area (Å²) < 4.78 is 49.7. The number of hydrogen-bond acceptors (Lipinski definition) is 4. The van der Waals surface area contributed by atoms with Crippen molar-refractivity contribution in [1.82, 2.24) is 14.5 Å². The summed E-state index contributed by atoms with van der Waals surface area (Å²) in [5.41, 5.74) is 4.55. The SMILES string of the molecule is Cc1cc(CN2CCOC(c3ccc4ncn(C)c4c3)C2)cc(OC(F)(F)F)c1. The number of fused-ring (bicyclic) bond motifs is 1. The largest absolute Gasteiger partial charge is 0.573 e. The number of alkyl halides is 3. The number of aromatic nitrogens is 2. The van der Waals surface area contributed by atoms with E-state index in [0.717, 1.165) is 27.7 Å². The van der Waals surface area contributed by atoms with E-state index in [1.807, 2.05) is 29.8 Å². The van der Waals surface area contributed by atoms with E-state index in [-0.39, 0.29) is 11.9 Å². The molecule has 1 unspecified atom stereocenters. The summed E-state index contributed by atoms with van der Waals surface area (Å²) in [6.07, 6.45) is -3.01. The summed E-state index contributed by atoms with van der Waals surface area (Å²) in [6, 6.07) is 10.8. The van der Waals surface area contributed by atoms with Crippen molar-refractivity contribution in [1.29, 1.82) is 0 Å². The molecule has 3 aromatic rings. The van der Waals surface area contributed by atoms with Crippen LogP contribution < -0.4 is 4.74 Å². The molecular formula is C21H22F3N3O2. The lowest BCUT2D eigenvalue weighted by Gasteiger charge is -2.33. The van der Waals surface area contributed by atoms with Crippen molar-refractivity contribution in [2.75, 3.05) is 19.7 Å². The third-order valence-corrected chi connectivity index (χ3v) is 5.02. The maximum atomic E-state index is 12.6. The molecule has 0 amide bonds. The number of halogens is 3. The average molecular weight is 405 g/mol. The van der Waals surface area contributed by atoms with Crippen molar-refractivity contribution < 1.29 is 22.6 Å². The maximum Gasteiger partial charge on any atom is 0.573 e. The molecule has 0 N–H and O–H groups in total. The van der Waals surface area contributed by atoms with Crippen molar-refractivity contribution in [2.24, 2.45) is 7.05 Å². The zero-order valence-electron chi connectivity index (χ0n) is 16.2. The second kappa shape index (κ2) is 7.68. The van der Waals surface area contributed by atoms with Crippen LogP contribution in [0.25, 0.3) is 11.0 Å². The van der Waals surface area contributed by atoms with Gasteiger partial charge < -0.3 is 14.0 Å². The smallest absolute Gasteiger partial charge is 0.406 e. The summed E-state index contributed by atoms with van der Waals surface area (Å²) in [5.74, 6) is -0.182. The lowest BCUT2D eigenvalue weighted by atomic mass is 10.1. The summed E-state index contributed by atoms with van der Waals surface area (Å²) >= 11 is 0. The Morgan fingerprint density at radius 1 is 1.21 bits per heavy atom. The molecule has 0 aliphatic carbocycles. The van der Waals surface area contributed by atoms with Gasteiger partial charge in [-0.15, -0.1) is 13.2 Å². The zero-order valence-corrected chi connectivity index (χ0v) is 16.2. The van der Waals surface area contributed by atoms with Gasteiger partial charge in [0.05, 0.1) is 30.1 Å². The Balaban J connectivity index is 1.49. The van der Waals surface area contributed by atoms with Crippen LogP contribution in [0.5, 0.6) is 5.75 Å². The Morgan fingerprint density at radius 2 is 2.03 bits per heavy atom. The first-order chi connectivity index (χ1) is 13.8. The Labute approximate surface area is 166 Å². The molecule has 8 heteroatoms. The van der Waals surface area contributed by atoms with Crippen molar-refractivity contribution >= 4 is 11.0 Å². The molecule has 0 bridgehead atoms. The van der Waals surface area contributed by atoms with Gasteiger partial charge in [-0.05, 0) is 47.9 Å². The van der Waals surface area contributed by atoms with Crippen molar-refractivity contribution in [3.63, 3.8) is 0 Å². The van der Waals surface area contributed by atoms with Crippen LogP contribution in [-0.4, -0.2) is 40.5 Å². The fourth-order valence-electron chi connectivity index (χ4n) is 3.76. The van der Waals surface area contributed by atoms with Gasteiger partial charge in [-0.1, -0.05) is 12.1 Å². The Bertz CT molecular complexity index is 1020. The fraction of sp³-hybridized carbons (Fsp3) is 0.381. The molecular weight excluding hydrogens is 383 g/mol. The first kappa shape index (κ1) is 19.7. The van der Waals surface area contributed by atoms with Crippen molar-refractivity contribution in [2.45, 2.75) is 25.9 Å². The van der Waals surface area contributed by atoms with Gasteiger partial charge in [-0.2, -0.15) is 0 Å². The molecule has 1 fully saturated rings. The van der Waals surface area contributed by atoms with Crippen LogP contribution in [0, 0.1) is 6.92 Å². The van der Waals surface area contributed by atoms with E-state index < -0.39 is 6.36 Å². The molecule has 0 radical (unpaired) electrons. The lowest BCUT2D eigenvalue weighted by molar-refractivity contribution is -0.274. The van der Waals surface area contributed by atoms with E-state index in [0.29, 0.717) is 26.2 Å². The van der Waals surface area contributed by atoms with Crippen LogP contribution >= 0.6 is 0 Å². The molecule has 4 rings (SSSR count). The predicted octanol–water partition coefficient (Wildman–Crippen LogP) is 4.35. The normalized spacial score (nSPS) is 18.3. The summed E-state index contributed by atoms with van der Waals surface area (Å²) in [7, 11) is 1.95. The molecule has 29 heavy (non-hydrogen) atoms. The highest BCUT2D eigenvalue weighted by atomic mass is 19.4. The van der Waals surface area contributed by atoms with Crippen molar-refractivity contribution in [3.05, 3.63) is 59.4 Å². The molecule has 0 spiro atoms. The first-order valence-electron chi connectivity index (χ1n) is 9.38. The highest BCUT2D eigenvalue weighted by Crippen LogP contribution is 2.28.